The summed E-state index contributed by atoms with van der Waals surface area (Å²) in [4.78, 5) is 12.0. The first kappa shape index (κ1) is 13.0. The number of ether oxygens (including phenoxy) is 2. The van der Waals surface area contributed by atoms with Crippen LogP contribution in [-0.4, -0.2) is 25.1 Å². The first-order chi connectivity index (χ1) is 8.52. The average molecular weight is 270 g/mol. The Morgan fingerprint density at radius 1 is 1.39 bits per heavy atom. The van der Waals surface area contributed by atoms with Gasteiger partial charge in [0.25, 0.3) is 5.91 Å². The molecule has 1 amide bonds. The Hall–Kier alpha value is -1.42. The lowest BCUT2D eigenvalue weighted by Gasteiger charge is -2.21. The highest BCUT2D eigenvalue weighted by Gasteiger charge is 2.19. The Kier molecular flexibility index (Phi) is 3.66. The molecule has 0 spiro atoms. The largest absolute Gasteiger partial charge is 0.454 e. The van der Waals surface area contributed by atoms with Crippen molar-refractivity contribution in [2.75, 3.05) is 19.2 Å². The zero-order valence-corrected chi connectivity index (χ0v) is 11.2. The molecule has 0 atom stereocenters. The van der Waals surface area contributed by atoms with E-state index in [9.17, 15) is 4.79 Å². The lowest BCUT2D eigenvalue weighted by Crippen LogP contribution is -2.34. The van der Waals surface area contributed by atoms with Gasteiger partial charge in [0.15, 0.2) is 11.5 Å². The maximum atomic E-state index is 12.0. The third-order valence-corrected chi connectivity index (χ3v) is 3.45. The van der Waals surface area contributed by atoms with E-state index in [4.69, 9.17) is 21.1 Å². The number of carbonyl (C=O) groups excluding carboxylic acids is 1. The van der Waals surface area contributed by atoms with Crippen LogP contribution in [0.3, 0.4) is 0 Å². The number of carbonyl (C=O) groups is 1. The lowest BCUT2D eigenvalue weighted by molar-refractivity contribution is 0.0939. The number of benzene rings is 1. The number of hydrogen-bond donors (Lipinski definition) is 1. The third-order valence-electron chi connectivity index (χ3n) is 2.72. The summed E-state index contributed by atoms with van der Waals surface area (Å²) in [6.45, 7) is 4.74. The molecule has 0 aromatic heterocycles. The number of hydrogen-bond acceptors (Lipinski definition) is 3. The summed E-state index contributed by atoms with van der Waals surface area (Å²) in [5.74, 6) is 1.65. The predicted octanol–water partition coefficient (Wildman–Crippen LogP) is 2.41. The minimum atomic E-state index is -0.133. The van der Waals surface area contributed by atoms with Crippen LogP contribution in [0.15, 0.2) is 18.2 Å². The van der Waals surface area contributed by atoms with Crippen molar-refractivity contribution in [3.63, 3.8) is 0 Å². The van der Waals surface area contributed by atoms with Crippen molar-refractivity contribution >= 4 is 17.5 Å². The maximum absolute atomic E-state index is 12.0. The standard InChI is InChI=1S/C13H16ClNO3/c1-13(2,6-14)7-15-12(16)9-3-4-10-11(5-9)18-8-17-10/h3-5H,6-8H2,1-2H3,(H,15,16). The van der Waals surface area contributed by atoms with E-state index in [0.29, 0.717) is 29.5 Å². The Balaban J connectivity index is 2.01. The SMILES string of the molecule is CC(C)(CCl)CNC(=O)c1ccc2c(c1)OCO2. The third kappa shape index (κ3) is 2.88. The molecule has 1 heterocycles. The zero-order valence-electron chi connectivity index (χ0n) is 10.5. The summed E-state index contributed by atoms with van der Waals surface area (Å²) in [6.07, 6.45) is 0. The van der Waals surface area contributed by atoms with Gasteiger partial charge in [-0.3, -0.25) is 4.79 Å². The van der Waals surface area contributed by atoms with Gasteiger partial charge in [-0.1, -0.05) is 13.8 Å². The van der Waals surface area contributed by atoms with Gasteiger partial charge >= 0.3 is 0 Å². The summed E-state index contributed by atoms with van der Waals surface area (Å²) in [5.41, 5.74) is 0.442. The van der Waals surface area contributed by atoms with Crippen molar-refractivity contribution in [2.45, 2.75) is 13.8 Å². The average Bonchev–Trinajstić information content (AvgIpc) is 2.83. The fourth-order valence-corrected chi connectivity index (χ4v) is 1.60. The van der Waals surface area contributed by atoms with Gasteiger partial charge in [0, 0.05) is 18.0 Å². The number of rotatable bonds is 4. The molecule has 1 N–H and O–H groups in total. The van der Waals surface area contributed by atoms with E-state index in [1.54, 1.807) is 18.2 Å². The second-order valence-electron chi connectivity index (χ2n) is 5.05. The molecule has 0 bridgehead atoms. The zero-order chi connectivity index (χ0) is 13.2. The van der Waals surface area contributed by atoms with Crippen molar-refractivity contribution in [3.05, 3.63) is 23.8 Å². The van der Waals surface area contributed by atoms with Crippen molar-refractivity contribution in [1.82, 2.24) is 5.32 Å². The van der Waals surface area contributed by atoms with Gasteiger partial charge in [0.05, 0.1) is 0 Å². The molecule has 2 rings (SSSR count). The van der Waals surface area contributed by atoms with E-state index in [1.807, 2.05) is 13.8 Å². The Labute approximate surface area is 111 Å². The van der Waals surface area contributed by atoms with Crippen LogP contribution in [0.1, 0.15) is 24.2 Å². The Morgan fingerprint density at radius 2 is 2.11 bits per heavy atom. The Morgan fingerprint density at radius 3 is 2.83 bits per heavy atom. The number of alkyl halides is 1. The smallest absolute Gasteiger partial charge is 0.251 e. The molecule has 1 aromatic carbocycles. The van der Waals surface area contributed by atoms with Crippen LogP contribution in [0.25, 0.3) is 0 Å². The summed E-state index contributed by atoms with van der Waals surface area (Å²) in [7, 11) is 0. The molecule has 1 aliphatic rings. The molecule has 4 nitrogen and oxygen atoms in total. The molecule has 0 radical (unpaired) electrons. The van der Waals surface area contributed by atoms with E-state index < -0.39 is 0 Å². The minimum Gasteiger partial charge on any atom is -0.454 e. The first-order valence-electron chi connectivity index (χ1n) is 5.76. The molecule has 0 unspecified atom stereocenters. The van der Waals surface area contributed by atoms with Gasteiger partial charge < -0.3 is 14.8 Å². The number of amides is 1. The predicted molar refractivity (Wildman–Crippen MR) is 69.4 cm³/mol. The van der Waals surface area contributed by atoms with Crippen LogP contribution in [0.4, 0.5) is 0 Å². The fraction of sp³-hybridized carbons (Fsp3) is 0.462. The maximum Gasteiger partial charge on any atom is 0.251 e. The highest BCUT2D eigenvalue weighted by atomic mass is 35.5. The van der Waals surface area contributed by atoms with Gasteiger partial charge in [-0.15, -0.1) is 11.6 Å². The molecule has 5 heteroatoms. The van der Waals surface area contributed by atoms with Crippen molar-refractivity contribution in [1.29, 1.82) is 0 Å². The monoisotopic (exact) mass is 269 g/mol. The van der Waals surface area contributed by atoms with Crippen molar-refractivity contribution in [3.8, 4) is 11.5 Å². The molecule has 0 saturated carbocycles. The molecule has 0 aliphatic carbocycles. The molecular weight excluding hydrogens is 254 g/mol. The van der Waals surface area contributed by atoms with Crippen LogP contribution in [0, 0.1) is 5.41 Å². The summed E-state index contributed by atoms with van der Waals surface area (Å²) >= 11 is 5.81. The summed E-state index contributed by atoms with van der Waals surface area (Å²) in [5, 5.41) is 2.86. The second-order valence-corrected chi connectivity index (χ2v) is 5.32. The van der Waals surface area contributed by atoms with Gasteiger partial charge in [-0.05, 0) is 23.6 Å². The van der Waals surface area contributed by atoms with E-state index >= 15 is 0 Å². The summed E-state index contributed by atoms with van der Waals surface area (Å²) < 4.78 is 10.4. The van der Waals surface area contributed by atoms with Gasteiger partial charge in [-0.25, -0.2) is 0 Å². The molecule has 98 valence electrons. The highest BCUT2D eigenvalue weighted by Crippen LogP contribution is 2.32. The molecule has 0 fully saturated rings. The Bertz CT molecular complexity index is 460. The van der Waals surface area contributed by atoms with E-state index in [0.717, 1.165) is 0 Å². The first-order valence-corrected chi connectivity index (χ1v) is 6.29. The molecule has 1 aromatic rings. The number of halogens is 1. The van der Waals surface area contributed by atoms with Gasteiger partial charge in [0.1, 0.15) is 0 Å². The van der Waals surface area contributed by atoms with Gasteiger partial charge in [0.2, 0.25) is 6.79 Å². The molecular formula is C13H16ClNO3. The van der Waals surface area contributed by atoms with Crippen molar-refractivity contribution < 1.29 is 14.3 Å². The van der Waals surface area contributed by atoms with Gasteiger partial charge in [-0.2, -0.15) is 0 Å². The number of nitrogens with one attached hydrogen (secondary N) is 1. The minimum absolute atomic E-state index is 0.118. The van der Waals surface area contributed by atoms with Crippen LogP contribution >= 0.6 is 11.6 Å². The highest BCUT2D eigenvalue weighted by molar-refractivity contribution is 6.18. The molecule has 18 heavy (non-hydrogen) atoms. The topological polar surface area (TPSA) is 47.6 Å². The normalized spacial score (nSPS) is 13.5. The molecule has 0 saturated heterocycles. The van der Waals surface area contributed by atoms with Crippen LogP contribution < -0.4 is 14.8 Å². The summed E-state index contributed by atoms with van der Waals surface area (Å²) in [6, 6.07) is 5.14. The van der Waals surface area contributed by atoms with Crippen LogP contribution in [-0.2, 0) is 0 Å². The fourth-order valence-electron chi connectivity index (χ4n) is 1.51. The van der Waals surface area contributed by atoms with Crippen LogP contribution in [0.2, 0.25) is 0 Å². The lowest BCUT2D eigenvalue weighted by atomic mass is 9.96. The molecule has 1 aliphatic heterocycles. The second kappa shape index (κ2) is 5.06. The number of fused-ring (bicyclic) bond motifs is 1. The van der Waals surface area contributed by atoms with E-state index in [1.165, 1.54) is 0 Å². The van der Waals surface area contributed by atoms with Crippen molar-refractivity contribution in [2.24, 2.45) is 5.41 Å². The van der Waals surface area contributed by atoms with E-state index in [-0.39, 0.29) is 18.1 Å². The van der Waals surface area contributed by atoms with Crippen LogP contribution in [0.5, 0.6) is 11.5 Å². The quantitative estimate of drug-likeness (QED) is 0.854. The van der Waals surface area contributed by atoms with E-state index in [2.05, 4.69) is 5.32 Å².